The second kappa shape index (κ2) is 3.70. The predicted molar refractivity (Wildman–Crippen MR) is 67.9 cm³/mol. The SMILES string of the molecule is Cc1cc2nnc(-c3ccccc3)n2cc1C. The van der Waals surface area contributed by atoms with Crippen LogP contribution in [0.4, 0.5) is 0 Å². The van der Waals surface area contributed by atoms with Crippen LogP contribution in [0.1, 0.15) is 11.1 Å². The van der Waals surface area contributed by atoms with Gasteiger partial charge in [-0.05, 0) is 31.0 Å². The van der Waals surface area contributed by atoms with Gasteiger partial charge >= 0.3 is 0 Å². The molecule has 17 heavy (non-hydrogen) atoms. The molecule has 3 nitrogen and oxygen atoms in total. The molecule has 0 amide bonds. The smallest absolute Gasteiger partial charge is 0.168 e. The lowest BCUT2D eigenvalue weighted by molar-refractivity contribution is 1.11. The first-order chi connectivity index (χ1) is 8.25. The van der Waals surface area contributed by atoms with E-state index in [-0.39, 0.29) is 0 Å². The van der Waals surface area contributed by atoms with E-state index in [1.54, 1.807) is 0 Å². The van der Waals surface area contributed by atoms with Gasteiger partial charge in [0.05, 0.1) is 0 Å². The lowest BCUT2D eigenvalue weighted by atomic mass is 10.2. The number of hydrogen-bond donors (Lipinski definition) is 0. The molecule has 3 aromatic rings. The fraction of sp³-hybridized carbons (Fsp3) is 0.143. The van der Waals surface area contributed by atoms with Crippen LogP contribution >= 0.6 is 0 Å². The minimum atomic E-state index is 0.892. The van der Waals surface area contributed by atoms with Crippen LogP contribution in [0.5, 0.6) is 0 Å². The molecule has 0 saturated heterocycles. The number of fused-ring (bicyclic) bond motifs is 1. The molecule has 0 unspecified atom stereocenters. The average molecular weight is 223 g/mol. The van der Waals surface area contributed by atoms with E-state index in [0.717, 1.165) is 17.0 Å². The van der Waals surface area contributed by atoms with E-state index in [0.29, 0.717) is 0 Å². The molecule has 2 aromatic heterocycles. The number of pyridine rings is 1. The van der Waals surface area contributed by atoms with Gasteiger partial charge in [0.2, 0.25) is 0 Å². The van der Waals surface area contributed by atoms with Gasteiger partial charge in [-0.25, -0.2) is 0 Å². The highest BCUT2D eigenvalue weighted by Crippen LogP contribution is 2.19. The lowest BCUT2D eigenvalue weighted by Crippen LogP contribution is -1.92. The van der Waals surface area contributed by atoms with E-state index in [1.807, 2.05) is 34.7 Å². The number of hydrogen-bond acceptors (Lipinski definition) is 2. The Kier molecular flexibility index (Phi) is 2.18. The Bertz CT molecular complexity index is 669. The molecule has 0 fully saturated rings. The van der Waals surface area contributed by atoms with Gasteiger partial charge in [-0.2, -0.15) is 0 Å². The van der Waals surface area contributed by atoms with E-state index in [1.165, 1.54) is 11.1 Å². The van der Waals surface area contributed by atoms with Crippen molar-refractivity contribution < 1.29 is 0 Å². The molecule has 0 aliphatic carbocycles. The summed E-state index contributed by atoms with van der Waals surface area (Å²) in [6.45, 7) is 4.19. The van der Waals surface area contributed by atoms with Gasteiger partial charge in [0.15, 0.2) is 11.5 Å². The molecule has 1 aromatic carbocycles. The van der Waals surface area contributed by atoms with Gasteiger partial charge < -0.3 is 0 Å². The highest BCUT2D eigenvalue weighted by atomic mass is 15.2. The number of aryl methyl sites for hydroxylation is 2. The Balaban J connectivity index is 2.29. The van der Waals surface area contributed by atoms with E-state index in [4.69, 9.17) is 0 Å². The first-order valence-electron chi connectivity index (χ1n) is 5.63. The van der Waals surface area contributed by atoms with Crippen molar-refractivity contribution in [1.29, 1.82) is 0 Å². The summed E-state index contributed by atoms with van der Waals surface area (Å²) in [7, 11) is 0. The number of benzene rings is 1. The second-order valence-electron chi connectivity index (χ2n) is 4.26. The van der Waals surface area contributed by atoms with Crippen molar-refractivity contribution in [2.45, 2.75) is 13.8 Å². The maximum atomic E-state index is 4.26. The largest absolute Gasteiger partial charge is 0.282 e. The lowest BCUT2D eigenvalue weighted by Gasteiger charge is -2.03. The van der Waals surface area contributed by atoms with Crippen LogP contribution in [-0.2, 0) is 0 Å². The van der Waals surface area contributed by atoms with Crippen molar-refractivity contribution in [3.8, 4) is 11.4 Å². The van der Waals surface area contributed by atoms with Crippen LogP contribution in [0.3, 0.4) is 0 Å². The van der Waals surface area contributed by atoms with Crippen LogP contribution < -0.4 is 0 Å². The Morgan fingerprint density at radius 3 is 2.47 bits per heavy atom. The van der Waals surface area contributed by atoms with Crippen LogP contribution in [-0.4, -0.2) is 14.6 Å². The monoisotopic (exact) mass is 223 g/mol. The zero-order chi connectivity index (χ0) is 11.8. The van der Waals surface area contributed by atoms with Crippen LogP contribution in [0.2, 0.25) is 0 Å². The summed E-state index contributed by atoms with van der Waals surface area (Å²) in [6.07, 6.45) is 2.09. The first kappa shape index (κ1) is 10.0. The molecule has 0 radical (unpaired) electrons. The number of rotatable bonds is 1. The average Bonchev–Trinajstić information content (AvgIpc) is 2.74. The Morgan fingerprint density at radius 2 is 1.71 bits per heavy atom. The quantitative estimate of drug-likeness (QED) is 0.634. The van der Waals surface area contributed by atoms with Crippen molar-refractivity contribution in [1.82, 2.24) is 14.6 Å². The Hall–Kier alpha value is -2.16. The molecule has 0 bridgehead atoms. The van der Waals surface area contributed by atoms with E-state index < -0.39 is 0 Å². The molecule has 84 valence electrons. The van der Waals surface area contributed by atoms with Crippen molar-refractivity contribution in [2.75, 3.05) is 0 Å². The summed E-state index contributed by atoms with van der Waals surface area (Å²) in [5.41, 5.74) is 4.47. The zero-order valence-electron chi connectivity index (χ0n) is 9.88. The van der Waals surface area contributed by atoms with Gasteiger partial charge in [0.1, 0.15) is 0 Å². The highest BCUT2D eigenvalue weighted by Gasteiger charge is 2.08. The molecule has 3 rings (SSSR count). The van der Waals surface area contributed by atoms with E-state index >= 15 is 0 Å². The standard InChI is InChI=1S/C14H13N3/c1-10-8-13-15-16-14(17(13)9-11(10)2)12-6-4-3-5-7-12/h3-9H,1-2H3. The van der Waals surface area contributed by atoms with Crippen molar-refractivity contribution >= 4 is 5.65 Å². The van der Waals surface area contributed by atoms with Crippen LogP contribution in [0.25, 0.3) is 17.0 Å². The third kappa shape index (κ3) is 1.60. The topological polar surface area (TPSA) is 30.2 Å². The molecule has 2 heterocycles. The Morgan fingerprint density at radius 1 is 0.941 bits per heavy atom. The summed E-state index contributed by atoms with van der Waals surface area (Å²) in [4.78, 5) is 0. The van der Waals surface area contributed by atoms with E-state index in [2.05, 4.69) is 36.3 Å². The van der Waals surface area contributed by atoms with Crippen molar-refractivity contribution in [3.05, 3.63) is 53.7 Å². The molecule has 0 N–H and O–H groups in total. The number of aromatic nitrogens is 3. The summed E-state index contributed by atoms with van der Waals surface area (Å²) in [5.74, 6) is 0.892. The van der Waals surface area contributed by atoms with Crippen molar-refractivity contribution in [3.63, 3.8) is 0 Å². The van der Waals surface area contributed by atoms with Crippen LogP contribution in [0, 0.1) is 13.8 Å². The molecule has 3 heteroatoms. The third-order valence-electron chi connectivity index (χ3n) is 3.04. The summed E-state index contributed by atoms with van der Waals surface area (Å²) < 4.78 is 2.04. The molecule has 0 spiro atoms. The normalized spacial score (nSPS) is 10.9. The second-order valence-corrected chi connectivity index (χ2v) is 4.26. The van der Waals surface area contributed by atoms with Crippen molar-refractivity contribution in [2.24, 2.45) is 0 Å². The molecular formula is C14H13N3. The highest BCUT2D eigenvalue weighted by molar-refractivity contribution is 5.60. The van der Waals surface area contributed by atoms with Gasteiger partial charge in [-0.3, -0.25) is 4.40 Å². The molecule has 0 saturated carbocycles. The minimum Gasteiger partial charge on any atom is -0.282 e. The molecule has 0 atom stereocenters. The minimum absolute atomic E-state index is 0.892. The van der Waals surface area contributed by atoms with Gasteiger partial charge in [-0.15, -0.1) is 10.2 Å². The van der Waals surface area contributed by atoms with Crippen LogP contribution in [0.15, 0.2) is 42.6 Å². The fourth-order valence-corrected chi connectivity index (χ4v) is 1.92. The fourth-order valence-electron chi connectivity index (χ4n) is 1.92. The summed E-state index contributed by atoms with van der Waals surface area (Å²) in [5, 5.41) is 8.47. The number of nitrogens with zero attached hydrogens (tertiary/aromatic N) is 3. The van der Waals surface area contributed by atoms with Gasteiger partial charge in [0.25, 0.3) is 0 Å². The maximum absolute atomic E-state index is 4.26. The Labute approximate surface area is 99.7 Å². The predicted octanol–water partition coefficient (Wildman–Crippen LogP) is 3.01. The molecular weight excluding hydrogens is 210 g/mol. The maximum Gasteiger partial charge on any atom is 0.168 e. The third-order valence-corrected chi connectivity index (χ3v) is 3.04. The molecule has 0 aliphatic rings. The van der Waals surface area contributed by atoms with Gasteiger partial charge in [-0.1, -0.05) is 30.3 Å². The van der Waals surface area contributed by atoms with E-state index in [9.17, 15) is 0 Å². The zero-order valence-corrected chi connectivity index (χ0v) is 9.88. The molecule has 0 aliphatic heterocycles. The van der Waals surface area contributed by atoms with Gasteiger partial charge in [0, 0.05) is 11.8 Å². The summed E-state index contributed by atoms with van der Waals surface area (Å²) >= 11 is 0. The first-order valence-corrected chi connectivity index (χ1v) is 5.63. The summed E-state index contributed by atoms with van der Waals surface area (Å²) in [6, 6.07) is 12.2.